The highest BCUT2D eigenvalue weighted by molar-refractivity contribution is 5.23. The third kappa shape index (κ3) is 2.19. The monoisotopic (exact) mass is 209 g/mol. The van der Waals surface area contributed by atoms with Gasteiger partial charge in [-0.05, 0) is 24.7 Å². The van der Waals surface area contributed by atoms with Gasteiger partial charge in [0.1, 0.15) is 5.82 Å². The fourth-order valence-electron chi connectivity index (χ4n) is 2.36. The van der Waals surface area contributed by atoms with Gasteiger partial charge in [0.2, 0.25) is 0 Å². The van der Waals surface area contributed by atoms with E-state index in [0.717, 1.165) is 18.7 Å². The Labute approximate surface area is 89.3 Å². The third-order valence-corrected chi connectivity index (χ3v) is 3.16. The lowest BCUT2D eigenvalue weighted by atomic mass is 9.89. The van der Waals surface area contributed by atoms with E-state index in [-0.39, 0.29) is 18.3 Å². The van der Waals surface area contributed by atoms with Gasteiger partial charge in [-0.1, -0.05) is 12.1 Å². The zero-order valence-corrected chi connectivity index (χ0v) is 8.86. The van der Waals surface area contributed by atoms with Gasteiger partial charge in [-0.2, -0.15) is 0 Å². The quantitative estimate of drug-likeness (QED) is 0.797. The molecule has 0 spiro atoms. The highest BCUT2D eigenvalue weighted by atomic mass is 19.1. The van der Waals surface area contributed by atoms with E-state index in [4.69, 9.17) is 0 Å². The standard InChI is InChI=1S/C12H16FNO/c1-14-6-10(8-15)12(7-14)9-2-4-11(13)5-3-9/h2-5,10,12,15H,6-8H2,1H3/t10-,12+/m1/s1. The van der Waals surface area contributed by atoms with Gasteiger partial charge in [-0.25, -0.2) is 4.39 Å². The number of benzene rings is 1. The number of hydrogen-bond donors (Lipinski definition) is 1. The fourth-order valence-corrected chi connectivity index (χ4v) is 2.36. The van der Waals surface area contributed by atoms with Crippen LogP contribution in [0, 0.1) is 11.7 Å². The highest BCUT2D eigenvalue weighted by Gasteiger charge is 2.31. The van der Waals surface area contributed by atoms with Crippen molar-refractivity contribution < 1.29 is 9.50 Å². The molecule has 1 aliphatic rings. The van der Waals surface area contributed by atoms with E-state index >= 15 is 0 Å². The van der Waals surface area contributed by atoms with Crippen molar-refractivity contribution in [3.63, 3.8) is 0 Å². The zero-order valence-electron chi connectivity index (χ0n) is 8.86. The van der Waals surface area contributed by atoms with E-state index in [1.165, 1.54) is 12.1 Å². The van der Waals surface area contributed by atoms with Crippen molar-refractivity contribution in [2.24, 2.45) is 5.92 Å². The highest BCUT2D eigenvalue weighted by Crippen LogP contribution is 2.31. The van der Waals surface area contributed by atoms with Crippen LogP contribution < -0.4 is 0 Å². The van der Waals surface area contributed by atoms with Crippen LogP contribution in [0.1, 0.15) is 11.5 Å². The van der Waals surface area contributed by atoms with Crippen LogP contribution in [0.5, 0.6) is 0 Å². The molecule has 0 unspecified atom stereocenters. The molecule has 15 heavy (non-hydrogen) atoms. The first kappa shape index (κ1) is 10.6. The van der Waals surface area contributed by atoms with Crippen LogP contribution in [0.3, 0.4) is 0 Å². The molecule has 2 atom stereocenters. The molecule has 1 N–H and O–H groups in total. The van der Waals surface area contributed by atoms with E-state index in [2.05, 4.69) is 4.90 Å². The average Bonchev–Trinajstić information content (AvgIpc) is 2.61. The molecule has 3 heteroatoms. The van der Waals surface area contributed by atoms with E-state index in [1.807, 2.05) is 19.2 Å². The molecule has 1 heterocycles. The van der Waals surface area contributed by atoms with Crippen LogP contribution in [0.15, 0.2) is 24.3 Å². The second-order valence-electron chi connectivity index (χ2n) is 4.32. The molecule has 0 radical (unpaired) electrons. The topological polar surface area (TPSA) is 23.5 Å². The van der Waals surface area contributed by atoms with Crippen molar-refractivity contribution in [1.82, 2.24) is 4.90 Å². The summed E-state index contributed by atoms with van der Waals surface area (Å²) >= 11 is 0. The van der Waals surface area contributed by atoms with Crippen molar-refractivity contribution in [3.05, 3.63) is 35.6 Å². The Kier molecular flexibility index (Phi) is 3.03. The van der Waals surface area contributed by atoms with Crippen LogP contribution in [0.25, 0.3) is 0 Å². The zero-order chi connectivity index (χ0) is 10.8. The van der Waals surface area contributed by atoms with Gasteiger partial charge < -0.3 is 10.0 Å². The SMILES string of the molecule is CN1C[C@H](CO)[C@H](c2ccc(F)cc2)C1. The van der Waals surface area contributed by atoms with Crippen molar-refractivity contribution in [2.45, 2.75) is 5.92 Å². The first-order chi connectivity index (χ1) is 7.20. The fraction of sp³-hybridized carbons (Fsp3) is 0.500. The normalized spacial score (nSPS) is 27.1. The van der Waals surface area contributed by atoms with E-state index in [0.29, 0.717) is 5.92 Å². The number of likely N-dealkylation sites (tertiary alicyclic amines) is 1. The first-order valence-electron chi connectivity index (χ1n) is 5.25. The minimum atomic E-state index is -0.203. The summed E-state index contributed by atoms with van der Waals surface area (Å²) in [6, 6.07) is 6.62. The summed E-state index contributed by atoms with van der Waals surface area (Å²) in [5.41, 5.74) is 1.12. The summed E-state index contributed by atoms with van der Waals surface area (Å²) in [6.07, 6.45) is 0. The van der Waals surface area contributed by atoms with Crippen molar-refractivity contribution >= 4 is 0 Å². The molecule has 1 aromatic carbocycles. The van der Waals surface area contributed by atoms with E-state index in [1.54, 1.807) is 0 Å². The van der Waals surface area contributed by atoms with Crippen molar-refractivity contribution in [3.8, 4) is 0 Å². The summed E-state index contributed by atoms with van der Waals surface area (Å²) in [5.74, 6) is 0.409. The predicted octanol–water partition coefficient (Wildman–Crippen LogP) is 1.46. The summed E-state index contributed by atoms with van der Waals surface area (Å²) < 4.78 is 12.8. The summed E-state index contributed by atoms with van der Waals surface area (Å²) in [5, 5.41) is 9.27. The smallest absolute Gasteiger partial charge is 0.123 e. The van der Waals surface area contributed by atoms with Crippen LogP contribution in [0.4, 0.5) is 4.39 Å². The number of halogens is 1. The van der Waals surface area contributed by atoms with Crippen LogP contribution in [-0.2, 0) is 0 Å². The molecule has 0 amide bonds. The molecular weight excluding hydrogens is 193 g/mol. The minimum absolute atomic E-state index is 0.201. The van der Waals surface area contributed by atoms with Gasteiger partial charge in [0, 0.05) is 31.5 Å². The Balaban J connectivity index is 2.19. The molecular formula is C12H16FNO. The molecule has 0 aromatic heterocycles. The van der Waals surface area contributed by atoms with Gasteiger partial charge in [-0.15, -0.1) is 0 Å². The maximum atomic E-state index is 12.8. The lowest BCUT2D eigenvalue weighted by Gasteiger charge is -2.16. The molecule has 1 fully saturated rings. The molecule has 0 bridgehead atoms. The Morgan fingerprint density at radius 3 is 2.60 bits per heavy atom. The van der Waals surface area contributed by atoms with Gasteiger partial charge in [0.25, 0.3) is 0 Å². The second kappa shape index (κ2) is 4.29. The average molecular weight is 209 g/mol. The largest absolute Gasteiger partial charge is 0.396 e. The van der Waals surface area contributed by atoms with Crippen molar-refractivity contribution in [2.75, 3.05) is 26.7 Å². The maximum absolute atomic E-state index is 12.8. The van der Waals surface area contributed by atoms with Gasteiger partial charge in [-0.3, -0.25) is 0 Å². The van der Waals surface area contributed by atoms with E-state index in [9.17, 15) is 9.50 Å². The van der Waals surface area contributed by atoms with E-state index < -0.39 is 0 Å². The number of likely N-dealkylation sites (N-methyl/N-ethyl adjacent to an activating group) is 1. The lowest BCUT2D eigenvalue weighted by Crippen LogP contribution is -2.15. The van der Waals surface area contributed by atoms with Crippen LogP contribution in [0.2, 0.25) is 0 Å². The third-order valence-electron chi connectivity index (χ3n) is 3.16. The van der Waals surface area contributed by atoms with Gasteiger partial charge in [0.05, 0.1) is 0 Å². The number of aliphatic hydroxyl groups is 1. The Hall–Kier alpha value is -0.930. The number of nitrogens with zero attached hydrogens (tertiary/aromatic N) is 1. The number of hydrogen-bond acceptors (Lipinski definition) is 2. The first-order valence-corrected chi connectivity index (χ1v) is 5.25. The lowest BCUT2D eigenvalue weighted by molar-refractivity contribution is 0.219. The number of aliphatic hydroxyl groups excluding tert-OH is 1. The molecule has 1 saturated heterocycles. The minimum Gasteiger partial charge on any atom is -0.396 e. The summed E-state index contributed by atoms with van der Waals surface area (Å²) in [4.78, 5) is 2.20. The molecule has 82 valence electrons. The van der Waals surface area contributed by atoms with Crippen LogP contribution >= 0.6 is 0 Å². The van der Waals surface area contributed by atoms with Crippen molar-refractivity contribution in [1.29, 1.82) is 0 Å². The molecule has 2 nitrogen and oxygen atoms in total. The number of rotatable bonds is 2. The summed E-state index contributed by atoms with van der Waals surface area (Å²) in [6.45, 7) is 2.06. The van der Waals surface area contributed by atoms with Gasteiger partial charge in [0.15, 0.2) is 0 Å². The summed E-state index contributed by atoms with van der Waals surface area (Å²) in [7, 11) is 2.05. The molecule has 0 aliphatic carbocycles. The maximum Gasteiger partial charge on any atom is 0.123 e. The molecule has 1 aromatic rings. The Morgan fingerprint density at radius 2 is 2.00 bits per heavy atom. The second-order valence-corrected chi connectivity index (χ2v) is 4.32. The Morgan fingerprint density at radius 1 is 1.33 bits per heavy atom. The van der Waals surface area contributed by atoms with Crippen LogP contribution in [-0.4, -0.2) is 36.8 Å². The molecule has 0 saturated carbocycles. The Bertz CT molecular complexity index is 325. The predicted molar refractivity (Wildman–Crippen MR) is 57.2 cm³/mol. The van der Waals surface area contributed by atoms with Gasteiger partial charge >= 0.3 is 0 Å². The molecule has 1 aliphatic heterocycles. The molecule has 2 rings (SSSR count).